The molecule has 0 saturated carbocycles. The molecule has 1 rings (SSSR count). The lowest BCUT2D eigenvalue weighted by Gasteiger charge is -1.92. The standard InChI is InChI=1S/C8H10N4O/c9-8(10)12-11-5-6-2-1-3-7(13)4-6/h1-5,13H,(H4,9,10,12)/b11-5+. The molecule has 0 aliphatic heterocycles. The maximum Gasteiger partial charge on any atom is 0.211 e. The molecular weight excluding hydrogens is 168 g/mol. The summed E-state index contributed by atoms with van der Waals surface area (Å²) in [6, 6.07) is 6.58. The van der Waals surface area contributed by atoms with Crippen LogP contribution in [0.5, 0.6) is 5.75 Å². The van der Waals surface area contributed by atoms with Crippen LogP contribution in [0.1, 0.15) is 5.56 Å². The minimum Gasteiger partial charge on any atom is -0.508 e. The van der Waals surface area contributed by atoms with Crippen molar-refractivity contribution in [3.05, 3.63) is 29.8 Å². The molecule has 0 unspecified atom stereocenters. The van der Waals surface area contributed by atoms with Crippen LogP contribution >= 0.6 is 0 Å². The zero-order chi connectivity index (χ0) is 9.68. The topological polar surface area (TPSA) is 97.0 Å². The van der Waals surface area contributed by atoms with E-state index in [-0.39, 0.29) is 11.7 Å². The van der Waals surface area contributed by atoms with E-state index >= 15 is 0 Å². The lowest BCUT2D eigenvalue weighted by atomic mass is 10.2. The van der Waals surface area contributed by atoms with Crippen molar-refractivity contribution in [1.82, 2.24) is 0 Å². The van der Waals surface area contributed by atoms with Gasteiger partial charge in [-0.1, -0.05) is 12.1 Å². The van der Waals surface area contributed by atoms with Crippen LogP contribution in [0.15, 0.2) is 34.5 Å². The van der Waals surface area contributed by atoms with Crippen molar-refractivity contribution in [3.8, 4) is 5.75 Å². The molecule has 5 N–H and O–H groups in total. The number of benzene rings is 1. The number of rotatable bonds is 2. The summed E-state index contributed by atoms with van der Waals surface area (Å²) in [5.74, 6) is 0.0741. The van der Waals surface area contributed by atoms with E-state index in [2.05, 4.69) is 10.2 Å². The molecular formula is C8H10N4O. The highest BCUT2D eigenvalue weighted by Gasteiger charge is 1.88. The quantitative estimate of drug-likeness (QED) is 0.338. The normalized spacial score (nSPS) is 10.2. The smallest absolute Gasteiger partial charge is 0.211 e. The third kappa shape index (κ3) is 3.24. The molecule has 68 valence electrons. The van der Waals surface area contributed by atoms with Crippen LogP contribution in [0.3, 0.4) is 0 Å². The Labute approximate surface area is 75.4 Å². The van der Waals surface area contributed by atoms with E-state index < -0.39 is 0 Å². The lowest BCUT2D eigenvalue weighted by Crippen LogP contribution is -2.21. The summed E-state index contributed by atoms with van der Waals surface area (Å²) in [5, 5.41) is 16.1. The predicted octanol–water partition coefficient (Wildman–Crippen LogP) is -0.000500. The first-order valence-corrected chi connectivity index (χ1v) is 3.59. The summed E-state index contributed by atoms with van der Waals surface area (Å²) in [6.07, 6.45) is 1.44. The van der Waals surface area contributed by atoms with Gasteiger partial charge in [0.25, 0.3) is 0 Å². The number of guanidine groups is 1. The van der Waals surface area contributed by atoms with Gasteiger partial charge in [-0.25, -0.2) is 0 Å². The molecule has 0 radical (unpaired) electrons. The van der Waals surface area contributed by atoms with Crippen LogP contribution in [-0.2, 0) is 0 Å². The molecule has 0 aromatic heterocycles. The van der Waals surface area contributed by atoms with Gasteiger partial charge in [0, 0.05) is 0 Å². The molecule has 5 heteroatoms. The second-order valence-electron chi connectivity index (χ2n) is 2.36. The van der Waals surface area contributed by atoms with E-state index in [9.17, 15) is 0 Å². The van der Waals surface area contributed by atoms with Crippen LogP contribution in [0.4, 0.5) is 0 Å². The van der Waals surface area contributed by atoms with Crippen molar-refractivity contribution in [3.63, 3.8) is 0 Å². The molecule has 0 spiro atoms. The molecule has 0 fully saturated rings. The molecule has 0 aliphatic carbocycles. The number of phenols is 1. The Morgan fingerprint density at radius 2 is 2.15 bits per heavy atom. The first-order chi connectivity index (χ1) is 6.18. The lowest BCUT2D eigenvalue weighted by molar-refractivity contribution is 0.475. The maximum atomic E-state index is 9.07. The van der Waals surface area contributed by atoms with E-state index in [0.29, 0.717) is 0 Å². The average molecular weight is 178 g/mol. The number of phenolic OH excluding ortho intramolecular Hbond substituents is 1. The molecule has 0 saturated heterocycles. The minimum absolute atomic E-state index is 0.101. The highest BCUT2D eigenvalue weighted by molar-refractivity contribution is 5.81. The van der Waals surface area contributed by atoms with Crippen LogP contribution in [-0.4, -0.2) is 17.3 Å². The summed E-state index contributed by atoms with van der Waals surface area (Å²) in [4.78, 5) is 0. The van der Waals surface area contributed by atoms with Gasteiger partial charge in [0.15, 0.2) is 0 Å². The number of hydrogen-bond acceptors (Lipinski definition) is 3. The Morgan fingerprint density at radius 1 is 1.38 bits per heavy atom. The van der Waals surface area contributed by atoms with Gasteiger partial charge in [0.2, 0.25) is 5.96 Å². The minimum atomic E-state index is -0.101. The Bertz CT molecular complexity index is 342. The van der Waals surface area contributed by atoms with Gasteiger partial charge in [-0.3, -0.25) is 0 Å². The maximum absolute atomic E-state index is 9.07. The zero-order valence-corrected chi connectivity index (χ0v) is 6.88. The van der Waals surface area contributed by atoms with Gasteiger partial charge in [-0.05, 0) is 17.7 Å². The van der Waals surface area contributed by atoms with Gasteiger partial charge < -0.3 is 16.6 Å². The third-order valence-electron chi connectivity index (χ3n) is 1.25. The Balaban J connectivity index is 2.75. The fraction of sp³-hybridized carbons (Fsp3) is 0. The van der Waals surface area contributed by atoms with Crippen LogP contribution in [0.25, 0.3) is 0 Å². The van der Waals surface area contributed by atoms with Crippen molar-refractivity contribution in [2.75, 3.05) is 0 Å². The van der Waals surface area contributed by atoms with Crippen LogP contribution in [0, 0.1) is 0 Å². The largest absolute Gasteiger partial charge is 0.508 e. The molecule has 0 atom stereocenters. The molecule has 1 aromatic rings. The summed E-state index contributed by atoms with van der Waals surface area (Å²) >= 11 is 0. The predicted molar refractivity (Wildman–Crippen MR) is 51.5 cm³/mol. The fourth-order valence-corrected chi connectivity index (χ4v) is 0.767. The fourth-order valence-electron chi connectivity index (χ4n) is 0.767. The second kappa shape index (κ2) is 4.10. The average Bonchev–Trinajstić information content (AvgIpc) is 2.03. The second-order valence-corrected chi connectivity index (χ2v) is 2.36. The Hall–Kier alpha value is -2.04. The van der Waals surface area contributed by atoms with Crippen molar-refractivity contribution in [2.24, 2.45) is 21.7 Å². The number of aromatic hydroxyl groups is 1. The summed E-state index contributed by atoms with van der Waals surface area (Å²) in [5.41, 5.74) is 10.8. The van der Waals surface area contributed by atoms with Gasteiger partial charge in [-0.2, -0.15) is 5.10 Å². The first kappa shape index (κ1) is 9.05. The zero-order valence-electron chi connectivity index (χ0n) is 6.88. The summed E-state index contributed by atoms with van der Waals surface area (Å²) in [6.45, 7) is 0. The number of nitrogens with two attached hydrogens (primary N) is 2. The van der Waals surface area contributed by atoms with Crippen molar-refractivity contribution in [2.45, 2.75) is 0 Å². The van der Waals surface area contributed by atoms with E-state index in [1.54, 1.807) is 24.3 Å². The van der Waals surface area contributed by atoms with Crippen molar-refractivity contribution >= 4 is 12.2 Å². The Kier molecular flexibility index (Phi) is 2.86. The third-order valence-corrected chi connectivity index (χ3v) is 1.25. The van der Waals surface area contributed by atoms with E-state index in [1.807, 2.05) is 0 Å². The van der Waals surface area contributed by atoms with Gasteiger partial charge >= 0.3 is 0 Å². The molecule has 0 heterocycles. The number of hydrogen-bond donors (Lipinski definition) is 3. The van der Waals surface area contributed by atoms with Crippen molar-refractivity contribution < 1.29 is 5.11 Å². The summed E-state index contributed by atoms with van der Waals surface area (Å²) in [7, 11) is 0. The van der Waals surface area contributed by atoms with Crippen LogP contribution < -0.4 is 11.5 Å². The molecule has 0 aliphatic rings. The monoisotopic (exact) mass is 178 g/mol. The van der Waals surface area contributed by atoms with Gasteiger partial charge in [-0.15, -0.1) is 5.10 Å². The van der Waals surface area contributed by atoms with E-state index in [1.165, 1.54) is 6.21 Å². The molecule has 13 heavy (non-hydrogen) atoms. The van der Waals surface area contributed by atoms with E-state index in [0.717, 1.165) is 5.56 Å². The highest BCUT2D eigenvalue weighted by Crippen LogP contribution is 2.08. The molecule has 1 aromatic carbocycles. The van der Waals surface area contributed by atoms with Gasteiger partial charge in [0.05, 0.1) is 6.21 Å². The number of nitrogens with zero attached hydrogens (tertiary/aromatic N) is 2. The first-order valence-electron chi connectivity index (χ1n) is 3.59. The van der Waals surface area contributed by atoms with Crippen LogP contribution in [0.2, 0.25) is 0 Å². The summed E-state index contributed by atoms with van der Waals surface area (Å²) < 4.78 is 0. The molecule has 5 nitrogen and oxygen atoms in total. The van der Waals surface area contributed by atoms with Crippen molar-refractivity contribution in [1.29, 1.82) is 0 Å². The highest BCUT2D eigenvalue weighted by atomic mass is 16.3. The van der Waals surface area contributed by atoms with Gasteiger partial charge in [0.1, 0.15) is 5.75 Å². The SMILES string of the molecule is NC(N)=N/N=C/c1cccc(O)c1. The molecule has 0 bridgehead atoms. The molecule has 0 amide bonds. The Morgan fingerprint density at radius 3 is 2.77 bits per heavy atom. The van der Waals surface area contributed by atoms with E-state index in [4.69, 9.17) is 16.6 Å².